The second-order valence-electron chi connectivity index (χ2n) is 1.08. The summed E-state index contributed by atoms with van der Waals surface area (Å²) in [5.74, 6) is 0. The van der Waals surface area contributed by atoms with Crippen molar-refractivity contribution in [3.63, 3.8) is 0 Å². The van der Waals surface area contributed by atoms with Crippen LogP contribution < -0.4 is 0 Å². The molecule has 0 aromatic carbocycles. The SMILES string of the molecule is O=[C-]c1cccs1.[O]=[Cu]. The molecule has 1 heterocycles. The van der Waals surface area contributed by atoms with Crippen LogP contribution in [0.1, 0.15) is 4.88 Å². The fraction of sp³-hybridized carbons (Fsp3) is 0. The minimum atomic E-state index is 0.667. The molecule has 0 fully saturated rings. The molecule has 53 valence electrons. The maximum atomic E-state index is 9.75. The van der Waals surface area contributed by atoms with E-state index in [9.17, 15) is 4.79 Å². The van der Waals surface area contributed by atoms with Gasteiger partial charge in [-0.15, -0.1) is 10.9 Å². The first-order valence-corrected chi connectivity index (χ1v) is 3.24. The third-order valence-electron chi connectivity index (χ3n) is 0.622. The Labute approximate surface area is 64.9 Å². The summed E-state index contributed by atoms with van der Waals surface area (Å²) >= 11 is 4.34. The van der Waals surface area contributed by atoms with Gasteiger partial charge in [0.05, 0.1) is 0 Å². The summed E-state index contributed by atoms with van der Waals surface area (Å²) in [5.41, 5.74) is 0. The van der Waals surface area contributed by atoms with Crippen molar-refractivity contribution in [2.45, 2.75) is 0 Å². The molecule has 0 atom stereocenters. The molecule has 2 nitrogen and oxygen atoms in total. The van der Waals surface area contributed by atoms with Gasteiger partial charge in [-0.25, -0.2) is 0 Å². The van der Waals surface area contributed by atoms with Gasteiger partial charge in [-0.05, 0) is 5.38 Å². The van der Waals surface area contributed by atoms with Crippen molar-refractivity contribution >= 4 is 17.6 Å². The van der Waals surface area contributed by atoms with E-state index in [1.54, 1.807) is 12.4 Å². The first-order valence-electron chi connectivity index (χ1n) is 1.97. The molecule has 0 spiro atoms. The van der Waals surface area contributed by atoms with Gasteiger partial charge < -0.3 is 4.79 Å². The topological polar surface area (TPSA) is 34.1 Å². The van der Waals surface area contributed by atoms with Crippen molar-refractivity contribution in [3.05, 3.63) is 22.4 Å². The van der Waals surface area contributed by atoms with Crippen LogP contribution in [0.2, 0.25) is 0 Å². The van der Waals surface area contributed by atoms with Gasteiger partial charge in [0.25, 0.3) is 0 Å². The molecule has 0 aliphatic carbocycles. The zero-order chi connectivity index (χ0) is 7.11. The first-order chi connectivity index (χ1) is 4.43. The second kappa shape index (κ2) is 5.82. The molecule has 0 radical (unpaired) electrons. The van der Waals surface area contributed by atoms with Crippen LogP contribution in [-0.4, -0.2) is 6.29 Å². The molecular formula is C5H3CuO2S-. The number of rotatable bonds is 1. The summed E-state index contributed by atoms with van der Waals surface area (Å²) in [6, 6.07) is 3.56. The van der Waals surface area contributed by atoms with Crippen LogP contribution in [0, 0.1) is 0 Å². The minimum absolute atomic E-state index is 0.667. The molecular weight excluding hydrogens is 188 g/mol. The van der Waals surface area contributed by atoms with Crippen molar-refractivity contribution in [3.8, 4) is 0 Å². The van der Waals surface area contributed by atoms with E-state index in [4.69, 9.17) is 3.83 Å². The Hall–Kier alpha value is -0.311. The maximum absolute atomic E-state index is 9.75. The van der Waals surface area contributed by atoms with E-state index < -0.39 is 0 Å². The Kier molecular flexibility index (Phi) is 5.62. The summed E-state index contributed by atoms with van der Waals surface area (Å²) in [7, 11) is 0. The molecule has 0 bridgehead atoms. The van der Waals surface area contributed by atoms with Crippen molar-refractivity contribution in [2.24, 2.45) is 0 Å². The molecule has 0 aliphatic heterocycles. The van der Waals surface area contributed by atoms with Crippen LogP contribution in [0.15, 0.2) is 17.5 Å². The summed E-state index contributed by atoms with van der Waals surface area (Å²) < 4.78 is 7.81. The van der Waals surface area contributed by atoms with Crippen molar-refractivity contribution < 1.29 is 24.6 Å². The van der Waals surface area contributed by atoms with E-state index in [1.165, 1.54) is 11.3 Å². The zero-order valence-electron chi connectivity index (χ0n) is 4.26. The third kappa shape index (κ3) is 3.30. The summed E-state index contributed by atoms with van der Waals surface area (Å²) in [6.07, 6.45) is 1.78. The van der Waals surface area contributed by atoms with Crippen molar-refractivity contribution in [1.29, 1.82) is 0 Å². The molecule has 0 saturated carbocycles. The molecule has 0 aliphatic rings. The van der Waals surface area contributed by atoms with Crippen LogP contribution in [0.4, 0.5) is 0 Å². The van der Waals surface area contributed by atoms with Gasteiger partial charge in [0.2, 0.25) is 0 Å². The van der Waals surface area contributed by atoms with Crippen molar-refractivity contribution in [1.82, 2.24) is 0 Å². The Morgan fingerprint density at radius 3 is 2.44 bits per heavy atom. The van der Waals surface area contributed by atoms with Crippen LogP contribution in [0.5, 0.6) is 0 Å². The normalized spacial score (nSPS) is 7.33. The molecule has 0 unspecified atom stereocenters. The van der Waals surface area contributed by atoms with E-state index in [2.05, 4.69) is 15.9 Å². The standard InChI is InChI=1S/C5H3OS.Cu.O/c6-4-5-2-1-3-7-5;;/h1-3H;;/q-1;;. The molecule has 0 N–H and O–H groups in total. The summed E-state index contributed by atoms with van der Waals surface area (Å²) in [5, 5.41) is 1.85. The van der Waals surface area contributed by atoms with Crippen LogP contribution in [0.25, 0.3) is 0 Å². The van der Waals surface area contributed by atoms with E-state index in [0.717, 1.165) is 0 Å². The van der Waals surface area contributed by atoms with Gasteiger partial charge in [0, 0.05) is 6.29 Å². The van der Waals surface area contributed by atoms with Gasteiger partial charge in [-0.1, -0.05) is 0 Å². The Bertz CT molecular complexity index is 161. The Morgan fingerprint density at radius 2 is 2.22 bits per heavy atom. The van der Waals surface area contributed by atoms with Gasteiger partial charge in [0.15, 0.2) is 0 Å². The average molecular weight is 191 g/mol. The van der Waals surface area contributed by atoms with Gasteiger partial charge in [0.1, 0.15) is 0 Å². The van der Waals surface area contributed by atoms with E-state index in [-0.39, 0.29) is 0 Å². The first kappa shape index (κ1) is 8.69. The summed E-state index contributed by atoms with van der Waals surface area (Å²) in [4.78, 5) is 10.4. The van der Waals surface area contributed by atoms with Gasteiger partial charge in [-0.2, -0.15) is 17.4 Å². The predicted molar refractivity (Wildman–Crippen MR) is 29.8 cm³/mol. The van der Waals surface area contributed by atoms with Crippen molar-refractivity contribution in [2.75, 3.05) is 0 Å². The molecule has 4 heteroatoms. The fourth-order valence-electron chi connectivity index (χ4n) is 0.337. The van der Waals surface area contributed by atoms with Crippen LogP contribution in [0.3, 0.4) is 0 Å². The Morgan fingerprint density at radius 1 is 1.56 bits per heavy atom. The number of hydrogen-bond acceptors (Lipinski definition) is 3. The molecule has 0 amide bonds. The summed E-state index contributed by atoms with van der Waals surface area (Å²) in [6.45, 7) is 0. The van der Waals surface area contributed by atoms with E-state index >= 15 is 0 Å². The number of carbonyl (C=O) groups excluding carboxylic acids is 1. The van der Waals surface area contributed by atoms with Crippen LogP contribution in [-0.2, 0) is 24.6 Å². The quantitative estimate of drug-likeness (QED) is 0.491. The molecule has 1 aromatic rings. The number of hydrogen-bond donors (Lipinski definition) is 0. The molecule has 9 heavy (non-hydrogen) atoms. The zero-order valence-corrected chi connectivity index (χ0v) is 6.02. The van der Waals surface area contributed by atoms with E-state index in [1.807, 2.05) is 11.4 Å². The van der Waals surface area contributed by atoms with Crippen LogP contribution >= 0.6 is 11.3 Å². The Balaban J connectivity index is 0.000000291. The number of thiophene rings is 1. The van der Waals surface area contributed by atoms with E-state index in [0.29, 0.717) is 4.88 Å². The molecule has 0 saturated heterocycles. The fourth-order valence-corrected chi connectivity index (χ4v) is 0.846. The predicted octanol–water partition coefficient (Wildman–Crippen LogP) is 1.08. The van der Waals surface area contributed by atoms with Gasteiger partial charge in [-0.3, -0.25) is 0 Å². The molecule has 1 rings (SSSR count). The molecule has 1 aromatic heterocycles. The van der Waals surface area contributed by atoms with Gasteiger partial charge >= 0.3 is 19.8 Å². The average Bonchev–Trinajstić information content (AvgIpc) is 2.43. The third-order valence-corrected chi connectivity index (χ3v) is 1.39. The monoisotopic (exact) mass is 190 g/mol. The second-order valence-corrected chi connectivity index (χ2v) is 2.03.